The lowest BCUT2D eigenvalue weighted by Crippen LogP contribution is -1.84. The number of allylic oxidation sites excluding steroid dienone is 2. The van der Waals surface area contributed by atoms with E-state index >= 15 is 0 Å². The number of rotatable bonds is 6. The standard InChI is InChI=1S/C10H18OS/c1-3-4-5-6-9(2)7-8-10(11)12/h7H,3-6,8H2,1-2H3,(H,11,12). The average Bonchev–Trinajstić information content (AvgIpc) is 2.01. The van der Waals surface area contributed by atoms with Crippen molar-refractivity contribution in [3.05, 3.63) is 11.6 Å². The molecular formula is C10H18OS. The number of thiol groups is 1. The molecule has 0 bridgehead atoms. The van der Waals surface area contributed by atoms with Crippen LogP contribution in [0.1, 0.15) is 46.0 Å². The van der Waals surface area contributed by atoms with Crippen molar-refractivity contribution in [3.8, 4) is 0 Å². The Morgan fingerprint density at radius 1 is 1.42 bits per heavy atom. The van der Waals surface area contributed by atoms with E-state index in [4.69, 9.17) is 0 Å². The van der Waals surface area contributed by atoms with Crippen molar-refractivity contribution in [3.63, 3.8) is 0 Å². The third kappa shape index (κ3) is 7.86. The molecule has 0 rings (SSSR count). The summed E-state index contributed by atoms with van der Waals surface area (Å²) >= 11 is 3.70. The zero-order valence-corrected chi connectivity index (χ0v) is 8.86. The third-order valence-corrected chi connectivity index (χ3v) is 1.98. The first kappa shape index (κ1) is 11.8. The quantitative estimate of drug-likeness (QED) is 0.382. The van der Waals surface area contributed by atoms with Gasteiger partial charge in [0.25, 0.3) is 0 Å². The summed E-state index contributed by atoms with van der Waals surface area (Å²) in [5, 5.41) is -0.0511. The molecule has 12 heavy (non-hydrogen) atoms. The molecule has 2 heteroatoms. The van der Waals surface area contributed by atoms with Crippen molar-refractivity contribution < 1.29 is 4.79 Å². The second-order valence-corrected chi connectivity index (χ2v) is 3.60. The lowest BCUT2D eigenvalue weighted by Gasteiger charge is -1.98. The van der Waals surface area contributed by atoms with Gasteiger partial charge in [0.2, 0.25) is 0 Å². The minimum absolute atomic E-state index is 0.0511. The van der Waals surface area contributed by atoms with Crippen molar-refractivity contribution in [2.24, 2.45) is 0 Å². The first-order valence-corrected chi connectivity index (χ1v) is 4.99. The average molecular weight is 186 g/mol. The Hall–Kier alpha value is -0.240. The van der Waals surface area contributed by atoms with Gasteiger partial charge in [-0.1, -0.05) is 31.4 Å². The summed E-state index contributed by atoms with van der Waals surface area (Å²) in [5.41, 5.74) is 1.31. The van der Waals surface area contributed by atoms with Gasteiger partial charge in [-0.2, -0.15) is 0 Å². The van der Waals surface area contributed by atoms with E-state index in [9.17, 15) is 4.79 Å². The van der Waals surface area contributed by atoms with Crippen molar-refractivity contribution in [2.75, 3.05) is 0 Å². The molecule has 0 unspecified atom stereocenters. The van der Waals surface area contributed by atoms with Crippen LogP contribution >= 0.6 is 12.6 Å². The van der Waals surface area contributed by atoms with Crippen LogP contribution in [0.2, 0.25) is 0 Å². The van der Waals surface area contributed by atoms with Gasteiger partial charge in [-0.05, 0) is 19.8 Å². The van der Waals surface area contributed by atoms with Crippen LogP contribution < -0.4 is 0 Å². The van der Waals surface area contributed by atoms with E-state index in [2.05, 4.69) is 26.5 Å². The molecule has 0 atom stereocenters. The van der Waals surface area contributed by atoms with Gasteiger partial charge in [0.15, 0.2) is 5.12 Å². The van der Waals surface area contributed by atoms with Gasteiger partial charge in [-0.25, -0.2) is 0 Å². The molecule has 0 aliphatic carbocycles. The Labute approximate surface area is 80.7 Å². The van der Waals surface area contributed by atoms with Crippen molar-refractivity contribution in [1.29, 1.82) is 0 Å². The summed E-state index contributed by atoms with van der Waals surface area (Å²) in [7, 11) is 0. The summed E-state index contributed by atoms with van der Waals surface area (Å²) in [4.78, 5) is 10.5. The van der Waals surface area contributed by atoms with E-state index in [0.29, 0.717) is 6.42 Å². The lowest BCUT2D eigenvalue weighted by atomic mass is 10.1. The molecule has 0 N–H and O–H groups in total. The molecule has 0 aromatic carbocycles. The lowest BCUT2D eigenvalue weighted by molar-refractivity contribution is -0.110. The van der Waals surface area contributed by atoms with Crippen LogP contribution in [0.25, 0.3) is 0 Å². The zero-order chi connectivity index (χ0) is 9.40. The van der Waals surface area contributed by atoms with Crippen molar-refractivity contribution in [1.82, 2.24) is 0 Å². The van der Waals surface area contributed by atoms with Gasteiger partial charge in [-0.3, -0.25) is 4.79 Å². The number of carbonyl (C=O) groups excluding carboxylic acids is 1. The van der Waals surface area contributed by atoms with Crippen LogP contribution in [-0.4, -0.2) is 5.12 Å². The number of hydrogen-bond donors (Lipinski definition) is 1. The molecule has 0 fully saturated rings. The predicted molar refractivity (Wildman–Crippen MR) is 56.5 cm³/mol. The minimum atomic E-state index is -0.0511. The zero-order valence-electron chi connectivity index (χ0n) is 7.97. The Kier molecular flexibility index (Phi) is 7.26. The fourth-order valence-corrected chi connectivity index (χ4v) is 1.11. The summed E-state index contributed by atoms with van der Waals surface area (Å²) < 4.78 is 0. The third-order valence-electron chi connectivity index (χ3n) is 1.80. The molecule has 0 aliphatic rings. The van der Waals surface area contributed by atoms with Crippen LogP contribution in [0.15, 0.2) is 11.6 Å². The topological polar surface area (TPSA) is 17.1 Å². The van der Waals surface area contributed by atoms with Gasteiger partial charge in [0, 0.05) is 6.42 Å². The molecule has 0 saturated carbocycles. The predicted octanol–water partition coefficient (Wildman–Crippen LogP) is 3.36. The highest BCUT2D eigenvalue weighted by Crippen LogP contribution is 2.09. The second kappa shape index (κ2) is 7.41. The molecule has 0 aromatic heterocycles. The highest BCUT2D eigenvalue weighted by molar-refractivity contribution is 7.96. The molecule has 0 spiro atoms. The van der Waals surface area contributed by atoms with Crippen LogP contribution in [0.3, 0.4) is 0 Å². The number of unbranched alkanes of at least 4 members (excludes halogenated alkanes) is 2. The fourth-order valence-electron chi connectivity index (χ4n) is 1.02. The molecular weight excluding hydrogens is 168 g/mol. The SMILES string of the molecule is CCCCCC(C)=CCC(=O)S. The van der Waals surface area contributed by atoms with Gasteiger partial charge in [0.05, 0.1) is 0 Å². The maximum absolute atomic E-state index is 10.5. The highest BCUT2D eigenvalue weighted by atomic mass is 32.1. The van der Waals surface area contributed by atoms with Crippen LogP contribution in [0.4, 0.5) is 0 Å². The first-order valence-electron chi connectivity index (χ1n) is 4.54. The van der Waals surface area contributed by atoms with Crippen LogP contribution in [0, 0.1) is 0 Å². The highest BCUT2D eigenvalue weighted by Gasteiger charge is 1.92. The molecule has 1 nitrogen and oxygen atoms in total. The Balaban J connectivity index is 3.49. The molecule has 0 radical (unpaired) electrons. The van der Waals surface area contributed by atoms with E-state index < -0.39 is 0 Å². The maximum atomic E-state index is 10.5. The first-order chi connectivity index (χ1) is 5.66. The van der Waals surface area contributed by atoms with E-state index in [1.54, 1.807) is 0 Å². The normalized spacial score (nSPS) is 11.8. The fraction of sp³-hybridized carbons (Fsp3) is 0.700. The van der Waals surface area contributed by atoms with Crippen LogP contribution in [0.5, 0.6) is 0 Å². The van der Waals surface area contributed by atoms with E-state index in [1.165, 1.54) is 24.8 Å². The molecule has 70 valence electrons. The monoisotopic (exact) mass is 186 g/mol. The van der Waals surface area contributed by atoms with E-state index in [1.807, 2.05) is 6.08 Å². The Morgan fingerprint density at radius 2 is 2.08 bits per heavy atom. The molecule has 0 aliphatic heterocycles. The minimum Gasteiger partial charge on any atom is -0.287 e. The maximum Gasteiger partial charge on any atom is 0.189 e. The summed E-state index contributed by atoms with van der Waals surface area (Å²) in [6, 6.07) is 0. The van der Waals surface area contributed by atoms with E-state index in [0.717, 1.165) is 6.42 Å². The second-order valence-electron chi connectivity index (χ2n) is 3.11. The summed E-state index contributed by atoms with van der Waals surface area (Å²) in [5.74, 6) is 0. The summed E-state index contributed by atoms with van der Waals surface area (Å²) in [6.07, 6.45) is 7.33. The van der Waals surface area contributed by atoms with Crippen molar-refractivity contribution >= 4 is 17.7 Å². The smallest absolute Gasteiger partial charge is 0.189 e. The molecule has 0 heterocycles. The largest absolute Gasteiger partial charge is 0.287 e. The van der Waals surface area contributed by atoms with E-state index in [-0.39, 0.29) is 5.12 Å². The van der Waals surface area contributed by atoms with Gasteiger partial charge in [0.1, 0.15) is 0 Å². The Morgan fingerprint density at radius 3 is 2.58 bits per heavy atom. The van der Waals surface area contributed by atoms with Crippen molar-refractivity contribution in [2.45, 2.75) is 46.0 Å². The number of hydrogen-bond acceptors (Lipinski definition) is 1. The molecule has 0 saturated heterocycles. The van der Waals surface area contributed by atoms with Gasteiger partial charge in [-0.15, -0.1) is 12.6 Å². The molecule has 0 aromatic rings. The Bertz CT molecular complexity index is 161. The molecule has 0 amide bonds. The number of carbonyl (C=O) groups is 1. The van der Waals surface area contributed by atoms with Gasteiger partial charge < -0.3 is 0 Å². The summed E-state index contributed by atoms with van der Waals surface area (Å²) in [6.45, 7) is 4.27. The van der Waals surface area contributed by atoms with Crippen LogP contribution in [-0.2, 0) is 4.79 Å². The van der Waals surface area contributed by atoms with Gasteiger partial charge >= 0.3 is 0 Å².